The van der Waals surface area contributed by atoms with Crippen LogP contribution in [0.25, 0.3) is 11.3 Å². The predicted molar refractivity (Wildman–Crippen MR) is 61.0 cm³/mol. The third-order valence-corrected chi connectivity index (χ3v) is 2.47. The molecule has 0 spiro atoms. The number of nitrogens with two attached hydrogens (primary N) is 1. The first-order valence-electron chi connectivity index (χ1n) is 4.28. The summed E-state index contributed by atoms with van der Waals surface area (Å²) in [6.45, 7) is 2.01. The average Bonchev–Trinajstić information content (AvgIpc) is 2.51. The molecule has 1 heterocycles. The fourth-order valence-corrected chi connectivity index (χ4v) is 1.67. The van der Waals surface area contributed by atoms with Crippen LogP contribution in [0.2, 0.25) is 0 Å². The van der Waals surface area contributed by atoms with Crippen LogP contribution in [0.1, 0.15) is 5.56 Å². The zero-order valence-corrected chi connectivity index (χ0v) is 9.34. The molecule has 0 bridgehead atoms. The highest BCUT2D eigenvalue weighted by Crippen LogP contribution is 2.29. The van der Waals surface area contributed by atoms with Gasteiger partial charge >= 0.3 is 0 Å². The van der Waals surface area contributed by atoms with Crippen LogP contribution >= 0.6 is 15.9 Å². The van der Waals surface area contributed by atoms with E-state index in [1.165, 1.54) is 0 Å². The van der Waals surface area contributed by atoms with Gasteiger partial charge in [0, 0.05) is 11.3 Å². The highest BCUT2D eigenvalue weighted by molar-refractivity contribution is 9.10. The van der Waals surface area contributed by atoms with Crippen molar-refractivity contribution in [2.75, 3.05) is 5.73 Å². The van der Waals surface area contributed by atoms with Gasteiger partial charge in [0.25, 0.3) is 0 Å². The number of hydrogen-bond donors (Lipinski definition) is 1. The minimum Gasteiger partial charge on any atom is -0.449 e. The van der Waals surface area contributed by atoms with Crippen molar-refractivity contribution in [3.63, 3.8) is 0 Å². The zero-order valence-electron chi connectivity index (χ0n) is 7.75. The topological polar surface area (TPSA) is 39.2 Å². The van der Waals surface area contributed by atoms with E-state index in [1.807, 2.05) is 37.3 Å². The van der Waals surface area contributed by atoms with Gasteiger partial charge in [0.05, 0.1) is 0 Å². The van der Waals surface area contributed by atoms with Gasteiger partial charge in [-0.1, -0.05) is 6.07 Å². The van der Waals surface area contributed by atoms with Crippen molar-refractivity contribution in [2.24, 2.45) is 0 Å². The van der Waals surface area contributed by atoms with Gasteiger partial charge in [0.1, 0.15) is 5.76 Å². The highest BCUT2D eigenvalue weighted by atomic mass is 79.9. The molecule has 0 aliphatic carbocycles. The monoisotopic (exact) mass is 251 g/mol. The Hall–Kier alpha value is -1.22. The average molecular weight is 252 g/mol. The van der Waals surface area contributed by atoms with E-state index in [0.717, 1.165) is 22.6 Å². The Morgan fingerprint density at radius 3 is 2.57 bits per heavy atom. The van der Waals surface area contributed by atoms with E-state index in [-0.39, 0.29) is 0 Å². The van der Waals surface area contributed by atoms with Crippen molar-refractivity contribution in [3.05, 3.63) is 40.6 Å². The lowest BCUT2D eigenvalue weighted by Crippen LogP contribution is -1.89. The summed E-state index contributed by atoms with van der Waals surface area (Å²) in [6.07, 6.45) is 0. The fraction of sp³-hybridized carbons (Fsp3) is 0.0909. The third-order valence-electron chi connectivity index (χ3n) is 2.05. The summed E-state index contributed by atoms with van der Waals surface area (Å²) >= 11 is 3.26. The van der Waals surface area contributed by atoms with Crippen molar-refractivity contribution in [1.29, 1.82) is 0 Å². The Morgan fingerprint density at radius 1 is 1.21 bits per heavy atom. The molecule has 2 nitrogen and oxygen atoms in total. The smallest absolute Gasteiger partial charge is 0.169 e. The number of furan rings is 1. The van der Waals surface area contributed by atoms with Gasteiger partial charge in [-0.05, 0) is 52.7 Å². The Balaban J connectivity index is 2.52. The van der Waals surface area contributed by atoms with Gasteiger partial charge in [-0.15, -0.1) is 0 Å². The summed E-state index contributed by atoms with van der Waals surface area (Å²) in [5.74, 6) is 0.786. The number of benzene rings is 1. The summed E-state index contributed by atoms with van der Waals surface area (Å²) in [7, 11) is 0. The standard InChI is InChI=1S/C11H10BrNO/c1-7-2-3-8(9(13)6-7)10-4-5-11(12)14-10/h2-6H,13H2,1H3. The number of aryl methyl sites for hydroxylation is 1. The summed E-state index contributed by atoms with van der Waals surface area (Å²) in [6, 6.07) is 9.67. The molecule has 0 atom stereocenters. The molecule has 0 unspecified atom stereocenters. The molecular weight excluding hydrogens is 242 g/mol. The molecule has 14 heavy (non-hydrogen) atoms. The number of nitrogen functional groups attached to an aromatic ring is 1. The molecule has 2 rings (SSSR count). The molecule has 2 aromatic rings. The van der Waals surface area contributed by atoms with E-state index in [2.05, 4.69) is 15.9 Å². The summed E-state index contributed by atoms with van der Waals surface area (Å²) in [4.78, 5) is 0. The van der Waals surface area contributed by atoms with E-state index in [1.54, 1.807) is 0 Å². The summed E-state index contributed by atoms with van der Waals surface area (Å²) in [5, 5.41) is 0. The van der Waals surface area contributed by atoms with Crippen LogP contribution in [0.15, 0.2) is 39.4 Å². The SMILES string of the molecule is Cc1ccc(-c2ccc(Br)o2)c(N)c1. The molecule has 72 valence electrons. The molecule has 2 N–H and O–H groups in total. The molecule has 0 aliphatic heterocycles. The van der Waals surface area contributed by atoms with E-state index in [9.17, 15) is 0 Å². The van der Waals surface area contributed by atoms with Crippen LogP contribution in [0, 0.1) is 6.92 Å². The van der Waals surface area contributed by atoms with Crippen molar-refractivity contribution >= 4 is 21.6 Å². The van der Waals surface area contributed by atoms with Crippen molar-refractivity contribution < 1.29 is 4.42 Å². The molecule has 0 saturated heterocycles. The van der Waals surface area contributed by atoms with Crippen molar-refractivity contribution in [3.8, 4) is 11.3 Å². The van der Waals surface area contributed by atoms with Crippen LogP contribution in [-0.2, 0) is 0 Å². The Kier molecular flexibility index (Phi) is 2.33. The first kappa shape index (κ1) is 9.34. The largest absolute Gasteiger partial charge is 0.449 e. The molecular formula is C11H10BrNO. The van der Waals surface area contributed by atoms with E-state index in [4.69, 9.17) is 10.2 Å². The number of anilines is 1. The molecule has 0 radical (unpaired) electrons. The quantitative estimate of drug-likeness (QED) is 0.787. The molecule has 0 aliphatic rings. The molecule has 1 aromatic heterocycles. The second kappa shape index (κ2) is 3.50. The van der Waals surface area contributed by atoms with E-state index >= 15 is 0 Å². The van der Waals surface area contributed by atoms with Gasteiger partial charge in [-0.25, -0.2) is 0 Å². The van der Waals surface area contributed by atoms with Gasteiger partial charge in [0.15, 0.2) is 4.67 Å². The van der Waals surface area contributed by atoms with Crippen LogP contribution in [-0.4, -0.2) is 0 Å². The maximum absolute atomic E-state index is 5.89. The minimum absolute atomic E-state index is 0.715. The highest BCUT2D eigenvalue weighted by Gasteiger charge is 2.06. The second-order valence-electron chi connectivity index (χ2n) is 3.19. The molecule has 0 fully saturated rings. The lowest BCUT2D eigenvalue weighted by atomic mass is 10.1. The lowest BCUT2D eigenvalue weighted by molar-refractivity contribution is 0.556. The molecule has 3 heteroatoms. The molecule has 1 aromatic carbocycles. The zero-order chi connectivity index (χ0) is 10.1. The second-order valence-corrected chi connectivity index (χ2v) is 3.98. The first-order chi connectivity index (χ1) is 6.66. The number of rotatable bonds is 1. The van der Waals surface area contributed by atoms with Crippen LogP contribution in [0.5, 0.6) is 0 Å². The fourth-order valence-electron chi connectivity index (χ4n) is 1.37. The molecule has 0 saturated carbocycles. The molecule has 0 amide bonds. The number of halogens is 1. The Bertz CT molecular complexity index is 462. The van der Waals surface area contributed by atoms with E-state index in [0.29, 0.717) is 4.67 Å². The normalized spacial score (nSPS) is 10.4. The van der Waals surface area contributed by atoms with Crippen LogP contribution < -0.4 is 5.73 Å². The Labute approximate surface area is 90.9 Å². The maximum atomic E-state index is 5.89. The van der Waals surface area contributed by atoms with Crippen molar-refractivity contribution in [1.82, 2.24) is 0 Å². The Morgan fingerprint density at radius 2 is 2.00 bits per heavy atom. The first-order valence-corrected chi connectivity index (χ1v) is 5.08. The van der Waals surface area contributed by atoms with Gasteiger partial charge in [-0.2, -0.15) is 0 Å². The van der Waals surface area contributed by atoms with Gasteiger partial charge in [-0.3, -0.25) is 0 Å². The van der Waals surface area contributed by atoms with Crippen LogP contribution in [0.3, 0.4) is 0 Å². The van der Waals surface area contributed by atoms with Crippen LogP contribution in [0.4, 0.5) is 5.69 Å². The van der Waals surface area contributed by atoms with Crippen molar-refractivity contribution in [2.45, 2.75) is 6.92 Å². The minimum atomic E-state index is 0.715. The summed E-state index contributed by atoms with van der Waals surface area (Å²) < 4.78 is 6.14. The van der Waals surface area contributed by atoms with Gasteiger partial charge in [0.2, 0.25) is 0 Å². The van der Waals surface area contributed by atoms with Gasteiger partial charge < -0.3 is 10.2 Å². The van der Waals surface area contributed by atoms with E-state index < -0.39 is 0 Å². The lowest BCUT2D eigenvalue weighted by Gasteiger charge is -2.02. The summed E-state index contributed by atoms with van der Waals surface area (Å²) in [5.41, 5.74) is 8.71. The third kappa shape index (κ3) is 1.68. The number of hydrogen-bond acceptors (Lipinski definition) is 2. The maximum Gasteiger partial charge on any atom is 0.169 e. The predicted octanol–water partition coefficient (Wildman–Crippen LogP) is 3.60.